The summed E-state index contributed by atoms with van der Waals surface area (Å²) in [6.45, 7) is 1.72. The number of carbonyl (C=O) groups is 2. The number of hydrogen-bond acceptors (Lipinski definition) is 3. The van der Waals surface area contributed by atoms with Gasteiger partial charge in [0.25, 0.3) is 0 Å². The number of anilines is 1. The van der Waals surface area contributed by atoms with Crippen LogP contribution in [0.2, 0.25) is 0 Å². The zero-order valence-corrected chi connectivity index (χ0v) is 11.7. The second kappa shape index (κ2) is 4.97. The molecule has 2 amide bonds. The zero-order chi connectivity index (χ0) is 13.3. The molecule has 1 unspecified atom stereocenters. The van der Waals surface area contributed by atoms with Gasteiger partial charge in [0, 0.05) is 5.69 Å². The largest absolute Gasteiger partial charge is 0.496 e. The summed E-state index contributed by atoms with van der Waals surface area (Å²) in [5.74, 6) is 0.404. The van der Waals surface area contributed by atoms with Crippen molar-refractivity contribution in [2.45, 2.75) is 13.0 Å². The predicted molar refractivity (Wildman–Crippen MR) is 70.7 cm³/mol. The Labute approximate surface area is 113 Å². The number of carbonyl (C=O) groups excluding carboxylic acids is 2. The topological polar surface area (TPSA) is 58.6 Å². The molecule has 0 bridgehead atoms. The second-order valence-corrected chi connectivity index (χ2v) is 4.89. The fourth-order valence-electron chi connectivity index (χ4n) is 1.85. The summed E-state index contributed by atoms with van der Waals surface area (Å²) in [6, 6.07) is 4.78. The van der Waals surface area contributed by atoms with E-state index >= 15 is 0 Å². The molecule has 0 spiro atoms. The maximum absolute atomic E-state index is 12.0. The smallest absolute Gasteiger partial charge is 0.249 e. The van der Waals surface area contributed by atoms with Crippen molar-refractivity contribution >= 4 is 33.4 Å². The van der Waals surface area contributed by atoms with E-state index < -0.39 is 6.04 Å². The highest BCUT2D eigenvalue weighted by atomic mass is 79.9. The normalized spacial score (nSPS) is 19.7. The second-order valence-electron chi connectivity index (χ2n) is 4.03. The molecule has 1 atom stereocenters. The van der Waals surface area contributed by atoms with E-state index in [1.54, 1.807) is 32.2 Å². The molecule has 1 N–H and O–H groups in total. The summed E-state index contributed by atoms with van der Waals surface area (Å²) in [6.07, 6.45) is 0. The standard InChI is InChI=1S/C12H13BrN2O3/c1-7-12(17)15(6-11(16)14-7)8-3-4-10(18-2)9(13)5-8/h3-5,7H,6H2,1-2H3,(H,14,16). The Morgan fingerprint density at radius 3 is 2.78 bits per heavy atom. The zero-order valence-electron chi connectivity index (χ0n) is 10.1. The molecule has 1 fully saturated rings. The molecule has 1 aromatic carbocycles. The minimum absolute atomic E-state index is 0.0436. The number of benzene rings is 1. The van der Waals surface area contributed by atoms with E-state index in [1.807, 2.05) is 0 Å². The Morgan fingerprint density at radius 1 is 1.44 bits per heavy atom. The Bertz CT molecular complexity index is 504. The highest BCUT2D eigenvalue weighted by Gasteiger charge is 2.30. The van der Waals surface area contributed by atoms with Gasteiger partial charge in [-0.15, -0.1) is 0 Å². The van der Waals surface area contributed by atoms with E-state index in [-0.39, 0.29) is 18.4 Å². The number of hydrogen-bond donors (Lipinski definition) is 1. The molecule has 18 heavy (non-hydrogen) atoms. The number of methoxy groups -OCH3 is 1. The van der Waals surface area contributed by atoms with Crippen molar-refractivity contribution in [3.63, 3.8) is 0 Å². The van der Waals surface area contributed by atoms with Crippen LogP contribution in [-0.4, -0.2) is 31.5 Å². The maximum atomic E-state index is 12.0. The van der Waals surface area contributed by atoms with Crippen molar-refractivity contribution in [1.29, 1.82) is 0 Å². The van der Waals surface area contributed by atoms with Crippen molar-refractivity contribution in [1.82, 2.24) is 5.32 Å². The Balaban J connectivity index is 2.32. The third-order valence-electron chi connectivity index (χ3n) is 2.76. The molecule has 1 heterocycles. The minimum Gasteiger partial charge on any atom is -0.496 e. The average molecular weight is 313 g/mol. The van der Waals surface area contributed by atoms with Gasteiger partial charge in [-0.2, -0.15) is 0 Å². The Kier molecular flexibility index (Phi) is 3.56. The van der Waals surface area contributed by atoms with E-state index in [0.29, 0.717) is 11.4 Å². The van der Waals surface area contributed by atoms with Crippen molar-refractivity contribution < 1.29 is 14.3 Å². The van der Waals surface area contributed by atoms with Crippen molar-refractivity contribution in [2.75, 3.05) is 18.6 Å². The first-order chi connectivity index (χ1) is 8.52. The molecule has 0 aromatic heterocycles. The lowest BCUT2D eigenvalue weighted by atomic mass is 10.2. The van der Waals surface area contributed by atoms with E-state index in [4.69, 9.17) is 4.74 Å². The van der Waals surface area contributed by atoms with Crippen LogP contribution in [0.25, 0.3) is 0 Å². The molecule has 1 aromatic rings. The lowest BCUT2D eigenvalue weighted by Crippen LogP contribution is -2.57. The molecule has 0 radical (unpaired) electrons. The summed E-state index contributed by atoms with van der Waals surface area (Å²) < 4.78 is 5.87. The van der Waals surface area contributed by atoms with Gasteiger partial charge < -0.3 is 15.0 Å². The number of amides is 2. The van der Waals surface area contributed by atoms with Crippen LogP contribution in [0.15, 0.2) is 22.7 Å². The fraction of sp³-hybridized carbons (Fsp3) is 0.333. The number of ether oxygens (including phenoxy) is 1. The van der Waals surface area contributed by atoms with E-state index in [9.17, 15) is 9.59 Å². The van der Waals surface area contributed by atoms with Gasteiger partial charge in [-0.25, -0.2) is 0 Å². The monoisotopic (exact) mass is 312 g/mol. The van der Waals surface area contributed by atoms with Gasteiger partial charge in [-0.05, 0) is 41.1 Å². The molecule has 96 valence electrons. The highest BCUT2D eigenvalue weighted by molar-refractivity contribution is 9.10. The van der Waals surface area contributed by atoms with Gasteiger partial charge in [0.15, 0.2) is 0 Å². The molecule has 1 aliphatic rings. The molecule has 5 nitrogen and oxygen atoms in total. The van der Waals surface area contributed by atoms with Gasteiger partial charge >= 0.3 is 0 Å². The summed E-state index contributed by atoms with van der Waals surface area (Å²) in [5, 5.41) is 2.60. The Morgan fingerprint density at radius 2 is 2.17 bits per heavy atom. The van der Waals surface area contributed by atoms with E-state index in [0.717, 1.165) is 4.47 Å². The van der Waals surface area contributed by atoms with Crippen molar-refractivity contribution in [2.24, 2.45) is 0 Å². The van der Waals surface area contributed by atoms with Crippen LogP contribution >= 0.6 is 15.9 Å². The molecule has 1 aliphatic heterocycles. The lowest BCUT2D eigenvalue weighted by molar-refractivity contribution is -0.130. The predicted octanol–water partition coefficient (Wildman–Crippen LogP) is 1.31. The SMILES string of the molecule is COc1ccc(N2CC(=O)NC(C)C2=O)cc1Br. The maximum Gasteiger partial charge on any atom is 0.249 e. The molecular formula is C12H13BrN2O3. The lowest BCUT2D eigenvalue weighted by Gasteiger charge is -2.31. The Hall–Kier alpha value is -1.56. The van der Waals surface area contributed by atoms with E-state index in [2.05, 4.69) is 21.2 Å². The minimum atomic E-state index is -0.493. The molecule has 0 saturated carbocycles. The molecule has 1 saturated heterocycles. The summed E-state index contributed by atoms with van der Waals surface area (Å²) in [4.78, 5) is 24.9. The van der Waals surface area contributed by atoms with Crippen LogP contribution in [-0.2, 0) is 9.59 Å². The fourth-order valence-corrected chi connectivity index (χ4v) is 2.37. The highest BCUT2D eigenvalue weighted by Crippen LogP contribution is 2.30. The van der Waals surface area contributed by atoms with Gasteiger partial charge in [0.2, 0.25) is 11.8 Å². The van der Waals surface area contributed by atoms with Gasteiger partial charge in [-0.3, -0.25) is 9.59 Å². The summed E-state index contributed by atoms with van der Waals surface area (Å²) >= 11 is 3.36. The number of piperazine rings is 1. The molecule has 6 heteroatoms. The van der Waals surface area contributed by atoms with Crippen LogP contribution in [0.1, 0.15) is 6.92 Å². The van der Waals surface area contributed by atoms with Gasteiger partial charge in [-0.1, -0.05) is 0 Å². The first kappa shape index (κ1) is 12.9. The number of nitrogens with zero attached hydrogens (tertiary/aromatic N) is 1. The first-order valence-electron chi connectivity index (χ1n) is 5.47. The molecule has 2 rings (SSSR count). The van der Waals surface area contributed by atoms with Crippen LogP contribution in [0, 0.1) is 0 Å². The van der Waals surface area contributed by atoms with Crippen LogP contribution in [0.4, 0.5) is 5.69 Å². The third-order valence-corrected chi connectivity index (χ3v) is 3.38. The van der Waals surface area contributed by atoms with E-state index in [1.165, 1.54) is 4.90 Å². The van der Waals surface area contributed by atoms with Crippen LogP contribution in [0.3, 0.4) is 0 Å². The van der Waals surface area contributed by atoms with Crippen LogP contribution < -0.4 is 15.0 Å². The summed E-state index contributed by atoms with van der Waals surface area (Å²) in [5.41, 5.74) is 0.675. The number of rotatable bonds is 2. The van der Waals surface area contributed by atoms with Crippen molar-refractivity contribution in [3.8, 4) is 5.75 Å². The van der Waals surface area contributed by atoms with Crippen molar-refractivity contribution in [3.05, 3.63) is 22.7 Å². The van der Waals surface area contributed by atoms with Gasteiger partial charge in [0.1, 0.15) is 18.3 Å². The van der Waals surface area contributed by atoms with Gasteiger partial charge in [0.05, 0.1) is 11.6 Å². The summed E-state index contributed by atoms with van der Waals surface area (Å²) in [7, 11) is 1.57. The van der Waals surface area contributed by atoms with Crippen LogP contribution in [0.5, 0.6) is 5.75 Å². The quantitative estimate of drug-likeness (QED) is 0.895. The first-order valence-corrected chi connectivity index (χ1v) is 6.26. The average Bonchev–Trinajstić information content (AvgIpc) is 2.33. The molecular weight excluding hydrogens is 300 g/mol. The number of halogens is 1. The number of nitrogens with one attached hydrogen (secondary N) is 1. The third kappa shape index (κ3) is 2.33. The molecule has 0 aliphatic carbocycles.